The monoisotopic (exact) mass is 254 g/mol. The molecule has 0 aliphatic rings. The van der Waals surface area contributed by atoms with E-state index in [9.17, 15) is 0 Å². The minimum absolute atomic E-state index is 0.480. The first-order valence-corrected chi connectivity index (χ1v) is 5.99. The molecule has 0 unspecified atom stereocenters. The molecule has 5 nitrogen and oxygen atoms in total. The van der Waals surface area contributed by atoms with E-state index in [0.717, 1.165) is 12.4 Å². The van der Waals surface area contributed by atoms with Gasteiger partial charge in [0.05, 0.1) is 11.6 Å². The van der Waals surface area contributed by atoms with Crippen molar-refractivity contribution in [2.75, 3.05) is 11.9 Å². The predicted octanol–water partition coefficient (Wildman–Crippen LogP) is 2.88. The number of ether oxygens (including phenoxy) is 1. The average molecular weight is 254 g/mol. The van der Waals surface area contributed by atoms with Crippen molar-refractivity contribution in [2.24, 2.45) is 0 Å². The summed E-state index contributed by atoms with van der Waals surface area (Å²) < 4.78 is 5.65. The maximum absolute atomic E-state index is 8.73. The van der Waals surface area contributed by atoms with Crippen molar-refractivity contribution >= 4 is 5.82 Å². The van der Waals surface area contributed by atoms with E-state index in [1.165, 1.54) is 0 Å². The van der Waals surface area contributed by atoms with E-state index in [4.69, 9.17) is 10.00 Å². The van der Waals surface area contributed by atoms with Crippen LogP contribution in [0.3, 0.4) is 0 Å². The van der Waals surface area contributed by atoms with Gasteiger partial charge < -0.3 is 10.1 Å². The molecule has 0 aliphatic heterocycles. The third-order valence-electron chi connectivity index (χ3n) is 2.38. The number of hydrogen-bond donors (Lipinski definition) is 1. The molecule has 5 heteroatoms. The molecule has 1 aromatic heterocycles. The normalized spacial score (nSPS) is 9.74. The van der Waals surface area contributed by atoms with E-state index in [-0.39, 0.29) is 0 Å². The number of rotatable bonds is 4. The van der Waals surface area contributed by atoms with Gasteiger partial charge in [-0.1, -0.05) is 0 Å². The van der Waals surface area contributed by atoms with Crippen LogP contribution in [0.25, 0.3) is 0 Å². The molecule has 0 spiro atoms. The Labute approximate surface area is 111 Å². The molecule has 96 valence electrons. The lowest BCUT2D eigenvalue weighted by atomic mass is 10.2. The minimum atomic E-state index is 0.480. The van der Waals surface area contributed by atoms with Gasteiger partial charge in [0.1, 0.15) is 17.4 Å². The standard InChI is InChI=1S/C14H14N4O/c1-3-16-13-8-14(18-10(2)17-13)19-12-6-4-11(9-15)5-7-12/h4-8H,3H2,1-2H3,(H,16,17,18). The molecule has 0 bridgehead atoms. The number of nitrogens with one attached hydrogen (secondary N) is 1. The fourth-order valence-electron chi connectivity index (χ4n) is 1.58. The van der Waals surface area contributed by atoms with Gasteiger partial charge in [-0.15, -0.1) is 0 Å². The van der Waals surface area contributed by atoms with Crippen molar-refractivity contribution in [3.8, 4) is 17.7 Å². The minimum Gasteiger partial charge on any atom is -0.439 e. The summed E-state index contributed by atoms with van der Waals surface area (Å²) in [6.07, 6.45) is 0. The summed E-state index contributed by atoms with van der Waals surface area (Å²) in [6, 6.07) is 10.7. The van der Waals surface area contributed by atoms with E-state index in [2.05, 4.69) is 21.4 Å². The second-order valence-corrected chi connectivity index (χ2v) is 3.91. The molecule has 0 saturated heterocycles. The SMILES string of the molecule is CCNc1cc(Oc2ccc(C#N)cc2)nc(C)n1. The molecule has 19 heavy (non-hydrogen) atoms. The Morgan fingerprint density at radius 2 is 2.00 bits per heavy atom. The second kappa shape index (κ2) is 5.83. The van der Waals surface area contributed by atoms with Crippen LogP contribution in [0.4, 0.5) is 5.82 Å². The summed E-state index contributed by atoms with van der Waals surface area (Å²) in [5, 5.41) is 11.8. The van der Waals surface area contributed by atoms with Gasteiger partial charge in [-0.25, -0.2) is 4.98 Å². The Kier molecular flexibility index (Phi) is 3.94. The molecule has 0 radical (unpaired) electrons. The Balaban J connectivity index is 2.20. The van der Waals surface area contributed by atoms with Gasteiger partial charge in [-0.3, -0.25) is 0 Å². The highest BCUT2D eigenvalue weighted by Crippen LogP contribution is 2.21. The third-order valence-corrected chi connectivity index (χ3v) is 2.38. The van der Waals surface area contributed by atoms with E-state index < -0.39 is 0 Å². The van der Waals surface area contributed by atoms with Gasteiger partial charge in [-0.05, 0) is 38.1 Å². The quantitative estimate of drug-likeness (QED) is 0.908. The molecule has 2 aromatic rings. The zero-order valence-corrected chi connectivity index (χ0v) is 10.8. The molecular formula is C14H14N4O. The first kappa shape index (κ1) is 12.8. The highest BCUT2D eigenvalue weighted by Gasteiger charge is 2.04. The summed E-state index contributed by atoms with van der Waals surface area (Å²) in [6.45, 7) is 4.60. The van der Waals surface area contributed by atoms with Crippen LogP contribution in [0.1, 0.15) is 18.3 Å². The van der Waals surface area contributed by atoms with Crippen molar-refractivity contribution in [1.82, 2.24) is 9.97 Å². The summed E-state index contributed by atoms with van der Waals surface area (Å²) >= 11 is 0. The molecule has 1 aromatic carbocycles. The van der Waals surface area contributed by atoms with Crippen LogP contribution in [0.5, 0.6) is 11.6 Å². The molecule has 1 N–H and O–H groups in total. The van der Waals surface area contributed by atoms with Crippen LogP contribution in [-0.2, 0) is 0 Å². The topological polar surface area (TPSA) is 70.8 Å². The summed E-state index contributed by atoms with van der Waals surface area (Å²) in [7, 11) is 0. The number of hydrogen-bond acceptors (Lipinski definition) is 5. The Morgan fingerprint density at radius 1 is 1.26 bits per heavy atom. The van der Waals surface area contributed by atoms with Crippen molar-refractivity contribution in [1.29, 1.82) is 5.26 Å². The fourth-order valence-corrected chi connectivity index (χ4v) is 1.58. The highest BCUT2D eigenvalue weighted by atomic mass is 16.5. The van der Waals surface area contributed by atoms with Crippen molar-refractivity contribution < 1.29 is 4.74 Å². The van der Waals surface area contributed by atoms with Crippen LogP contribution < -0.4 is 10.1 Å². The largest absolute Gasteiger partial charge is 0.439 e. The van der Waals surface area contributed by atoms with Crippen LogP contribution in [0, 0.1) is 18.3 Å². The second-order valence-electron chi connectivity index (χ2n) is 3.91. The lowest BCUT2D eigenvalue weighted by Gasteiger charge is -2.08. The molecule has 1 heterocycles. The first-order chi connectivity index (χ1) is 9.21. The lowest BCUT2D eigenvalue weighted by Crippen LogP contribution is -2.02. The van der Waals surface area contributed by atoms with Crippen molar-refractivity contribution in [3.63, 3.8) is 0 Å². The number of nitrogens with zero attached hydrogens (tertiary/aromatic N) is 3. The summed E-state index contributed by atoms with van der Waals surface area (Å²) in [5.41, 5.74) is 0.597. The zero-order chi connectivity index (χ0) is 13.7. The van der Waals surface area contributed by atoms with Crippen LogP contribution in [0.15, 0.2) is 30.3 Å². The van der Waals surface area contributed by atoms with Gasteiger partial charge >= 0.3 is 0 Å². The lowest BCUT2D eigenvalue weighted by molar-refractivity contribution is 0.460. The van der Waals surface area contributed by atoms with E-state index >= 15 is 0 Å². The molecule has 0 saturated carbocycles. The molecule has 0 amide bonds. The van der Waals surface area contributed by atoms with Crippen molar-refractivity contribution in [2.45, 2.75) is 13.8 Å². The number of benzene rings is 1. The smallest absolute Gasteiger partial charge is 0.224 e. The van der Waals surface area contributed by atoms with E-state index in [1.807, 2.05) is 13.8 Å². The molecule has 0 fully saturated rings. The maximum atomic E-state index is 8.73. The molecule has 2 rings (SSSR count). The van der Waals surface area contributed by atoms with Crippen LogP contribution in [0.2, 0.25) is 0 Å². The van der Waals surface area contributed by atoms with E-state index in [1.54, 1.807) is 30.3 Å². The van der Waals surface area contributed by atoms with Gasteiger partial charge in [-0.2, -0.15) is 10.2 Å². The zero-order valence-electron chi connectivity index (χ0n) is 10.8. The summed E-state index contributed by atoms with van der Waals surface area (Å²) in [5.74, 6) is 2.49. The van der Waals surface area contributed by atoms with Crippen LogP contribution in [-0.4, -0.2) is 16.5 Å². The Hall–Kier alpha value is -2.61. The number of aromatic nitrogens is 2. The maximum Gasteiger partial charge on any atom is 0.224 e. The van der Waals surface area contributed by atoms with Gasteiger partial charge in [0.15, 0.2) is 0 Å². The van der Waals surface area contributed by atoms with Gasteiger partial charge in [0.2, 0.25) is 5.88 Å². The number of nitriles is 1. The molecular weight excluding hydrogens is 240 g/mol. The predicted molar refractivity (Wildman–Crippen MR) is 72.2 cm³/mol. The number of aryl methyl sites for hydroxylation is 1. The van der Waals surface area contributed by atoms with Gasteiger partial charge in [0.25, 0.3) is 0 Å². The Bertz CT molecular complexity index is 602. The average Bonchev–Trinajstić information content (AvgIpc) is 2.39. The highest BCUT2D eigenvalue weighted by molar-refractivity contribution is 5.41. The summed E-state index contributed by atoms with van der Waals surface area (Å²) in [4.78, 5) is 8.46. The fraction of sp³-hybridized carbons (Fsp3) is 0.214. The molecule has 0 aliphatic carbocycles. The van der Waals surface area contributed by atoms with Gasteiger partial charge in [0, 0.05) is 12.6 Å². The Morgan fingerprint density at radius 3 is 2.63 bits per heavy atom. The van der Waals surface area contributed by atoms with E-state index in [0.29, 0.717) is 23.0 Å². The first-order valence-electron chi connectivity index (χ1n) is 5.99. The molecule has 0 atom stereocenters. The van der Waals surface area contributed by atoms with Crippen LogP contribution >= 0.6 is 0 Å². The number of anilines is 1. The third kappa shape index (κ3) is 3.42. The van der Waals surface area contributed by atoms with Crippen molar-refractivity contribution in [3.05, 3.63) is 41.7 Å².